The van der Waals surface area contributed by atoms with Crippen LogP contribution in [0.3, 0.4) is 0 Å². The lowest BCUT2D eigenvalue weighted by Gasteiger charge is -2.10. The predicted molar refractivity (Wildman–Crippen MR) is 101 cm³/mol. The van der Waals surface area contributed by atoms with Crippen molar-refractivity contribution in [2.75, 3.05) is 18.4 Å². The van der Waals surface area contributed by atoms with E-state index < -0.39 is 11.7 Å². The summed E-state index contributed by atoms with van der Waals surface area (Å²) >= 11 is 0. The Balaban J connectivity index is 1.44. The molecule has 2 heterocycles. The number of rotatable bonds is 7. The lowest BCUT2D eigenvalue weighted by atomic mass is 10.2. The molecule has 2 aromatic heterocycles. The van der Waals surface area contributed by atoms with Gasteiger partial charge in [0, 0.05) is 31.1 Å². The molecule has 29 heavy (non-hydrogen) atoms. The van der Waals surface area contributed by atoms with Gasteiger partial charge in [-0.3, -0.25) is 14.3 Å². The first-order chi connectivity index (χ1) is 13.8. The van der Waals surface area contributed by atoms with Gasteiger partial charge in [0.25, 0.3) is 0 Å². The summed E-state index contributed by atoms with van der Waals surface area (Å²) in [5.74, 6) is 0.0768. The van der Waals surface area contributed by atoms with Crippen molar-refractivity contribution in [3.63, 3.8) is 0 Å². The molecule has 0 bridgehead atoms. The molecule has 0 radical (unpaired) electrons. The minimum atomic E-state index is -4.42. The van der Waals surface area contributed by atoms with Gasteiger partial charge in [-0.1, -0.05) is 12.1 Å². The molecule has 1 aromatic carbocycles. The predicted octanol–water partition coefficient (Wildman–Crippen LogP) is 2.43. The minimum absolute atomic E-state index is 0.165. The Morgan fingerprint density at radius 3 is 2.59 bits per heavy atom. The van der Waals surface area contributed by atoms with E-state index in [9.17, 15) is 22.8 Å². The molecule has 7 nitrogen and oxygen atoms in total. The molecule has 0 aliphatic carbocycles. The molecule has 0 aliphatic heterocycles. The van der Waals surface area contributed by atoms with Crippen molar-refractivity contribution in [3.8, 4) is 0 Å². The van der Waals surface area contributed by atoms with E-state index in [1.807, 2.05) is 0 Å². The maximum absolute atomic E-state index is 12.5. The number of nitrogens with one attached hydrogen (secondary N) is 2. The highest BCUT2D eigenvalue weighted by molar-refractivity contribution is 5.79. The van der Waals surface area contributed by atoms with Gasteiger partial charge in [-0.15, -0.1) is 0 Å². The van der Waals surface area contributed by atoms with E-state index in [0.29, 0.717) is 24.0 Å². The van der Waals surface area contributed by atoms with Crippen molar-refractivity contribution in [2.24, 2.45) is 0 Å². The highest BCUT2D eigenvalue weighted by atomic mass is 19.4. The highest BCUT2D eigenvalue weighted by Crippen LogP contribution is 2.28. The summed E-state index contributed by atoms with van der Waals surface area (Å²) in [6.07, 6.45) is -2.28. The number of alkyl halides is 3. The Morgan fingerprint density at radius 2 is 1.86 bits per heavy atom. The number of hydrogen-bond donors (Lipinski definition) is 2. The van der Waals surface area contributed by atoms with E-state index in [1.165, 1.54) is 12.3 Å². The Hall–Kier alpha value is -3.43. The molecule has 152 valence electrons. The van der Waals surface area contributed by atoms with Gasteiger partial charge in [-0.2, -0.15) is 18.3 Å². The van der Waals surface area contributed by atoms with Gasteiger partial charge in [0.05, 0.1) is 23.8 Å². The molecular weight excluding hydrogens is 387 g/mol. The largest absolute Gasteiger partial charge is 0.417 e. The van der Waals surface area contributed by atoms with E-state index in [2.05, 4.69) is 20.7 Å². The first kappa shape index (κ1) is 20.3. The van der Waals surface area contributed by atoms with Crippen LogP contribution in [-0.2, 0) is 17.5 Å². The Morgan fingerprint density at radius 1 is 1.07 bits per heavy atom. The van der Waals surface area contributed by atoms with Crippen LogP contribution in [0.5, 0.6) is 0 Å². The highest BCUT2D eigenvalue weighted by Gasteiger charge is 2.30. The topological polar surface area (TPSA) is 88.9 Å². The van der Waals surface area contributed by atoms with Crippen LogP contribution in [0.1, 0.15) is 12.0 Å². The zero-order valence-corrected chi connectivity index (χ0v) is 15.2. The fraction of sp³-hybridized carbons (Fsp3) is 0.263. The molecule has 2 N–H and O–H groups in total. The Bertz CT molecular complexity index is 1050. The number of nitrogens with zero attached hydrogens (tertiary/aromatic N) is 3. The zero-order chi connectivity index (χ0) is 20.9. The molecule has 3 aromatic rings. The first-order valence-corrected chi connectivity index (χ1v) is 8.83. The molecule has 10 heteroatoms. The van der Waals surface area contributed by atoms with Crippen LogP contribution in [0.4, 0.5) is 19.0 Å². The van der Waals surface area contributed by atoms with Crippen LogP contribution in [0.25, 0.3) is 10.9 Å². The number of amides is 1. The van der Waals surface area contributed by atoms with Gasteiger partial charge in [0.2, 0.25) is 11.3 Å². The number of carbonyl (C=O) groups is 1. The van der Waals surface area contributed by atoms with Crippen molar-refractivity contribution in [1.82, 2.24) is 20.1 Å². The minimum Gasteiger partial charge on any atom is -0.368 e. The number of para-hydroxylation sites is 1. The molecule has 0 saturated carbocycles. The van der Waals surface area contributed by atoms with E-state index in [1.54, 1.807) is 28.9 Å². The molecular formula is C19H18F3N5O2. The molecule has 0 unspecified atom stereocenters. The van der Waals surface area contributed by atoms with E-state index in [4.69, 9.17) is 0 Å². The average Bonchev–Trinajstić information content (AvgIpc) is 2.71. The fourth-order valence-electron chi connectivity index (χ4n) is 2.69. The standard InChI is InChI=1S/C19H18F3N5O2/c20-19(21,22)13-5-6-17(25-11-13)23-8-9-24-18(29)7-10-27-15-4-2-1-3-14(15)16(28)12-26-27/h1-6,11-12H,7-10H2,(H,23,25)(H,24,29). The number of halogens is 3. The van der Waals surface area contributed by atoms with Crippen molar-refractivity contribution in [3.05, 3.63) is 64.6 Å². The summed E-state index contributed by atoms with van der Waals surface area (Å²) in [4.78, 5) is 27.5. The van der Waals surface area contributed by atoms with Crippen LogP contribution < -0.4 is 16.1 Å². The lowest BCUT2D eigenvalue weighted by Crippen LogP contribution is -2.29. The van der Waals surface area contributed by atoms with Crippen LogP contribution in [0, 0.1) is 0 Å². The number of benzene rings is 1. The molecule has 0 spiro atoms. The van der Waals surface area contributed by atoms with Crippen LogP contribution in [0.15, 0.2) is 53.6 Å². The Kier molecular flexibility index (Phi) is 6.10. The summed E-state index contributed by atoms with van der Waals surface area (Å²) in [5, 5.41) is 10.1. The number of aryl methyl sites for hydroxylation is 1. The number of hydrogen-bond acceptors (Lipinski definition) is 5. The van der Waals surface area contributed by atoms with Crippen molar-refractivity contribution in [2.45, 2.75) is 19.1 Å². The third kappa shape index (κ3) is 5.31. The number of aromatic nitrogens is 3. The van der Waals surface area contributed by atoms with Gasteiger partial charge in [-0.05, 0) is 24.3 Å². The summed E-state index contributed by atoms with van der Waals surface area (Å²) < 4.78 is 39.1. The first-order valence-electron chi connectivity index (χ1n) is 8.83. The summed E-state index contributed by atoms with van der Waals surface area (Å²) in [6, 6.07) is 9.20. The van der Waals surface area contributed by atoms with Crippen LogP contribution in [0.2, 0.25) is 0 Å². The number of carbonyl (C=O) groups excluding carboxylic acids is 1. The van der Waals surface area contributed by atoms with Crippen LogP contribution in [-0.4, -0.2) is 33.8 Å². The molecule has 0 fully saturated rings. The SMILES string of the molecule is O=C(CCn1ncc(=O)c2ccccc21)NCCNc1ccc(C(F)(F)F)cn1. The van der Waals surface area contributed by atoms with E-state index in [0.717, 1.165) is 12.3 Å². The third-order valence-corrected chi connectivity index (χ3v) is 4.16. The quantitative estimate of drug-likeness (QED) is 0.590. The number of anilines is 1. The van der Waals surface area contributed by atoms with Gasteiger partial charge in [0.1, 0.15) is 5.82 Å². The third-order valence-electron chi connectivity index (χ3n) is 4.16. The lowest BCUT2D eigenvalue weighted by molar-refractivity contribution is -0.137. The zero-order valence-electron chi connectivity index (χ0n) is 15.2. The molecule has 0 saturated heterocycles. The molecule has 1 amide bonds. The van der Waals surface area contributed by atoms with E-state index in [-0.39, 0.29) is 30.1 Å². The number of fused-ring (bicyclic) bond motifs is 1. The summed E-state index contributed by atoms with van der Waals surface area (Å²) in [5.41, 5.74) is -0.341. The normalized spacial score (nSPS) is 11.4. The average molecular weight is 405 g/mol. The Labute approximate surface area is 163 Å². The summed E-state index contributed by atoms with van der Waals surface area (Å²) in [6.45, 7) is 0.893. The molecule has 3 rings (SSSR count). The van der Waals surface area contributed by atoms with Gasteiger partial charge >= 0.3 is 6.18 Å². The smallest absolute Gasteiger partial charge is 0.368 e. The second-order valence-corrected chi connectivity index (χ2v) is 6.21. The number of pyridine rings is 1. The van der Waals surface area contributed by atoms with Crippen molar-refractivity contribution < 1.29 is 18.0 Å². The molecule has 0 atom stereocenters. The van der Waals surface area contributed by atoms with Crippen molar-refractivity contribution >= 4 is 22.6 Å². The second kappa shape index (κ2) is 8.72. The monoisotopic (exact) mass is 405 g/mol. The summed E-state index contributed by atoms with van der Waals surface area (Å²) in [7, 11) is 0. The van der Waals surface area contributed by atoms with Gasteiger partial charge < -0.3 is 10.6 Å². The maximum Gasteiger partial charge on any atom is 0.417 e. The van der Waals surface area contributed by atoms with Gasteiger partial charge in [-0.25, -0.2) is 4.98 Å². The van der Waals surface area contributed by atoms with Gasteiger partial charge in [0.15, 0.2) is 0 Å². The van der Waals surface area contributed by atoms with E-state index >= 15 is 0 Å². The van der Waals surface area contributed by atoms with Crippen LogP contribution >= 0.6 is 0 Å². The molecule has 0 aliphatic rings. The maximum atomic E-state index is 12.5. The second-order valence-electron chi connectivity index (χ2n) is 6.21. The van der Waals surface area contributed by atoms with Crippen molar-refractivity contribution in [1.29, 1.82) is 0 Å². The fourth-order valence-corrected chi connectivity index (χ4v) is 2.69.